The lowest BCUT2D eigenvalue weighted by Crippen LogP contribution is -2.56. The Bertz CT molecular complexity index is 1170. The van der Waals surface area contributed by atoms with Gasteiger partial charge in [0.15, 0.2) is 0 Å². The van der Waals surface area contributed by atoms with Crippen molar-refractivity contribution in [2.24, 2.45) is 11.7 Å². The zero-order valence-electron chi connectivity index (χ0n) is 20.7. The molecule has 38 heavy (non-hydrogen) atoms. The summed E-state index contributed by atoms with van der Waals surface area (Å²) in [6, 6.07) is 9.96. The van der Waals surface area contributed by atoms with Crippen LogP contribution in [-0.4, -0.2) is 59.7 Å². The minimum Gasteiger partial charge on any atom is -0.368 e. The third-order valence-corrected chi connectivity index (χ3v) is 7.36. The lowest BCUT2D eigenvalue weighted by atomic mass is 9.82. The maximum absolute atomic E-state index is 14.0. The van der Waals surface area contributed by atoms with Gasteiger partial charge in [0, 0.05) is 37.8 Å². The number of benzene rings is 2. The van der Waals surface area contributed by atoms with Gasteiger partial charge in [-0.05, 0) is 36.6 Å². The van der Waals surface area contributed by atoms with Crippen LogP contribution < -0.4 is 11.1 Å². The average molecular weight is 535 g/mol. The van der Waals surface area contributed by atoms with Crippen LogP contribution in [0.15, 0.2) is 48.5 Å². The summed E-state index contributed by atoms with van der Waals surface area (Å²) >= 11 is 0. The first kappa shape index (κ1) is 27.6. The zero-order valence-corrected chi connectivity index (χ0v) is 20.7. The Hall–Kier alpha value is -3.47. The van der Waals surface area contributed by atoms with E-state index in [1.165, 1.54) is 4.90 Å². The molecule has 3 N–H and O–H groups in total. The normalized spacial score (nSPS) is 21.5. The number of nitrogens with one attached hydrogen (secondary N) is 1. The third kappa shape index (κ3) is 6.15. The number of alkyl halides is 3. The second-order valence-corrected chi connectivity index (χ2v) is 9.73. The van der Waals surface area contributed by atoms with Gasteiger partial charge in [-0.1, -0.05) is 43.2 Å². The van der Waals surface area contributed by atoms with E-state index in [9.17, 15) is 31.9 Å². The quantitative estimate of drug-likeness (QED) is 0.555. The fraction of sp³-hybridized carbons (Fsp3) is 0.444. The van der Waals surface area contributed by atoms with Gasteiger partial charge < -0.3 is 16.0 Å². The van der Waals surface area contributed by atoms with Crippen LogP contribution in [0.2, 0.25) is 0 Å². The predicted molar refractivity (Wildman–Crippen MR) is 131 cm³/mol. The first-order chi connectivity index (χ1) is 18.1. The second kappa shape index (κ2) is 11.5. The molecule has 0 aromatic heterocycles. The van der Waals surface area contributed by atoms with Crippen LogP contribution in [0.5, 0.6) is 0 Å². The lowest BCUT2D eigenvalue weighted by molar-refractivity contribution is -0.140. The Morgan fingerprint density at radius 2 is 1.61 bits per heavy atom. The Balaban J connectivity index is 1.39. The summed E-state index contributed by atoms with van der Waals surface area (Å²) in [5.41, 5.74) is 4.63. The fourth-order valence-electron chi connectivity index (χ4n) is 5.38. The van der Waals surface area contributed by atoms with Gasteiger partial charge in [0.25, 0.3) is 5.91 Å². The van der Waals surface area contributed by atoms with Gasteiger partial charge in [-0.3, -0.25) is 19.3 Å². The SMILES string of the molecule is NC(=O)[C@@H](NC(=O)[C@@H]1CCCC[C@H]1N1CCN(C(=O)c2ccc(C(F)(F)F)c(F)c2)CC1)c1ccccc1. The standard InChI is InChI=1S/C27H30F4N4O3/c28-21-16-18(10-11-20(21)27(29,30)31)26(38)35-14-12-34(13-15-35)22-9-5-4-8-19(22)25(37)33-23(24(32)36)17-6-2-1-3-7-17/h1-3,6-7,10-11,16,19,22-23H,4-5,8-9,12-15H2,(H2,32,36)(H,33,37)/t19-,22-,23+/m1/s1. The Morgan fingerprint density at radius 3 is 2.21 bits per heavy atom. The summed E-state index contributed by atoms with van der Waals surface area (Å²) in [5, 5.41) is 2.82. The van der Waals surface area contributed by atoms with E-state index in [0.29, 0.717) is 50.3 Å². The Labute approximate surface area is 218 Å². The summed E-state index contributed by atoms with van der Waals surface area (Å²) < 4.78 is 52.5. The van der Waals surface area contributed by atoms with E-state index in [1.807, 2.05) is 0 Å². The summed E-state index contributed by atoms with van der Waals surface area (Å²) in [5.74, 6) is -3.28. The number of piperazine rings is 1. The molecule has 0 bridgehead atoms. The van der Waals surface area contributed by atoms with E-state index in [4.69, 9.17) is 5.73 Å². The van der Waals surface area contributed by atoms with Crippen molar-refractivity contribution in [3.8, 4) is 0 Å². The fourth-order valence-corrected chi connectivity index (χ4v) is 5.38. The summed E-state index contributed by atoms with van der Waals surface area (Å²) in [6.45, 7) is 1.50. The molecule has 2 aliphatic rings. The molecule has 0 radical (unpaired) electrons. The molecule has 4 rings (SSSR count). The molecule has 1 heterocycles. The molecule has 1 aliphatic heterocycles. The van der Waals surface area contributed by atoms with Crippen LogP contribution in [0.25, 0.3) is 0 Å². The van der Waals surface area contributed by atoms with Gasteiger partial charge in [0.2, 0.25) is 11.8 Å². The molecule has 2 fully saturated rings. The molecular formula is C27H30F4N4O3. The van der Waals surface area contributed by atoms with Crippen molar-refractivity contribution in [3.63, 3.8) is 0 Å². The molecule has 1 aliphatic carbocycles. The number of rotatable bonds is 6. The number of hydrogen-bond donors (Lipinski definition) is 2. The van der Waals surface area contributed by atoms with Gasteiger partial charge in [-0.15, -0.1) is 0 Å². The highest BCUT2D eigenvalue weighted by Gasteiger charge is 2.38. The highest BCUT2D eigenvalue weighted by atomic mass is 19.4. The van der Waals surface area contributed by atoms with Crippen molar-refractivity contribution in [1.82, 2.24) is 15.1 Å². The van der Waals surface area contributed by atoms with Crippen molar-refractivity contribution >= 4 is 17.7 Å². The molecule has 2 aromatic carbocycles. The number of primary amides is 1. The molecule has 11 heteroatoms. The number of nitrogens with zero attached hydrogens (tertiary/aromatic N) is 2. The molecule has 3 atom stereocenters. The van der Waals surface area contributed by atoms with Gasteiger partial charge >= 0.3 is 6.18 Å². The van der Waals surface area contributed by atoms with Crippen molar-refractivity contribution in [1.29, 1.82) is 0 Å². The number of nitrogens with two attached hydrogens (primary N) is 1. The van der Waals surface area contributed by atoms with Crippen molar-refractivity contribution in [2.75, 3.05) is 26.2 Å². The molecule has 2 aromatic rings. The summed E-state index contributed by atoms with van der Waals surface area (Å²) in [4.78, 5) is 41.9. The van der Waals surface area contributed by atoms with Crippen molar-refractivity contribution < 1.29 is 31.9 Å². The first-order valence-electron chi connectivity index (χ1n) is 12.6. The van der Waals surface area contributed by atoms with Crippen molar-refractivity contribution in [3.05, 3.63) is 71.0 Å². The molecule has 0 unspecified atom stereocenters. The minimum absolute atomic E-state index is 0.0891. The monoisotopic (exact) mass is 534 g/mol. The van der Waals surface area contributed by atoms with E-state index in [0.717, 1.165) is 25.3 Å². The third-order valence-electron chi connectivity index (χ3n) is 7.36. The van der Waals surface area contributed by atoms with Gasteiger partial charge in [0.1, 0.15) is 11.9 Å². The van der Waals surface area contributed by atoms with E-state index in [2.05, 4.69) is 10.2 Å². The molecule has 1 saturated carbocycles. The first-order valence-corrected chi connectivity index (χ1v) is 12.6. The second-order valence-electron chi connectivity index (χ2n) is 9.73. The van der Waals surface area contributed by atoms with E-state index in [1.54, 1.807) is 30.3 Å². The number of carbonyl (C=O) groups excluding carboxylic acids is 3. The molecule has 1 saturated heterocycles. The average Bonchev–Trinajstić information content (AvgIpc) is 2.91. The van der Waals surface area contributed by atoms with Crippen LogP contribution in [0.3, 0.4) is 0 Å². The molecule has 7 nitrogen and oxygen atoms in total. The van der Waals surface area contributed by atoms with E-state index < -0.39 is 35.4 Å². The topological polar surface area (TPSA) is 95.7 Å². The smallest absolute Gasteiger partial charge is 0.368 e. The maximum Gasteiger partial charge on any atom is 0.419 e. The van der Waals surface area contributed by atoms with Crippen molar-refractivity contribution in [2.45, 2.75) is 43.9 Å². The van der Waals surface area contributed by atoms with Crippen LogP contribution >= 0.6 is 0 Å². The Morgan fingerprint density at radius 1 is 0.947 bits per heavy atom. The predicted octanol–water partition coefficient (Wildman–Crippen LogP) is 3.50. The zero-order chi connectivity index (χ0) is 27.4. The lowest BCUT2D eigenvalue weighted by Gasteiger charge is -2.44. The molecule has 204 valence electrons. The largest absolute Gasteiger partial charge is 0.419 e. The van der Waals surface area contributed by atoms with Crippen LogP contribution in [-0.2, 0) is 15.8 Å². The van der Waals surface area contributed by atoms with Gasteiger partial charge in [-0.2, -0.15) is 13.2 Å². The van der Waals surface area contributed by atoms with Gasteiger partial charge in [0.05, 0.1) is 11.5 Å². The molecule has 3 amide bonds. The summed E-state index contributed by atoms with van der Waals surface area (Å²) in [6.07, 6.45) is -1.59. The van der Waals surface area contributed by atoms with Crippen LogP contribution in [0.4, 0.5) is 17.6 Å². The van der Waals surface area contributed by atoms with Crippen LogP contribution in [0.1, 0.15) is 53.2 Å². The molecular weight excluding hydrogens is 504 g/mol. The molecule has 0 spiro atoms. The number of carbonyl (C=O) groups is 3. The van der Waals surface area contributed by atoms with E-state index >= 15 is 0 Å². The summed E-state index contributed by atoms with van der Waals surface area (Å²) in [7, 11) is 0. The number of amides is 3. The number of halogens is 4. The maximum atomic E-state index is 14.0. The van der Waals surface area contributed by atoms with E-state index in [-0.39, 0.29) is 23.4 Å². The minimum atomic E-state index is -4.83. The Kier molecular flexibility index (Phi) is 8.35. The highest BCUT2D eigenvalue weighted by Crippen LogP contribution is 2.33. The highest BCUT2D eigenvalue weighted by molar-refractivity contribution is 5.94. The van der Waals surface area contributed by atoms with Gasteiger partial charge in [-0.25, -0.2) is 4.39 Å². The number of hydrogen-bond acceptors (Lipinski definition) is 4. The van der Waals surface area contributed by atoms with Crippen LogP contribution in [0, 0.1) is 11.7 Å².